The van der Waals surface area contributed by atoms with Crippen LogP contribution >= 0.6 is 0 Å². The zero-order valence-electron chi connectivity index (χ0n) is 11.5. The quantitative estimate of drug-likeness (QED) is 0.530. The topological polar surface area (TPSA) is 0 Å². The molecule has 0 saturated heterocycles. The number of benzene rings is 1. The summed E-state index contributed by atoms with van der Waals surface area (Å²) in [6.45, 7) is 9.24. The minimum atomic E-state index is -1.40. The molecule has 0 nitrogen and oxygen atoms in total. The van der Waals surface area contributed by atoms with E-state index in [1.165, 1.54) is 10.8 Å². The normalized spacial score (nSPS) is 11.8. The van der Waals surface area contributed by atoms with E-state index in [2.05, 4.69) is 75.1 Å². The Morgan fingerprint density at radius 3 is 2.18 bits per heavy atom. The predicted octanol–water partition coefficient (Wildman–Crippen LogP) is 4.44. The van der Waals surface area contributed by atoms with Gasteiger partial charge in [0.1, 0.15) is 8.07 Å². The second kappa shape index (κ2) is 6.60. The molecule has 1 rings (SSSR count). The van der Waals surface area contributed by atoms with E-state index in [9.17, 15) is 0 Å². The smallest absolute Gasteiger partial charge is 0.0903 e. The van der Waals surface area contributed by atoms with Crippen molar-refractivity contribution in [1.82, 2.24) is 0 Å². The third-order valence-corrected chi connectivity index (χ3v) is 6.12. The minimum absolute atomic E-state index is 1.16. The fraction of sp³-hybridized carbons (Fsp3) is 0.375. The second-order valence-corrected chi connectivity index (χ2v) is 9.33. The van der Waals surface area contributed by atoms with Gasteiger partial charge >= 0.3 is 0 Å². The van der Waals surface area contributed by atoms with Crippen LogP contribution in [0.25, 0.3) is 0 Å². The first-order valence-corrected chi connectivity index (χ1v) is 9.60. The summed E-state index contributed by atoms with van der Waals surface area (Å²) in [5.74, 6) is 0. The summed E-state index contributed by atoms with van der Waals surface area (Å²) < 4.78 is 0. The molecule has 0 aliphatic carbocycles. The number of hydrogen-bond donors (Lipinski definition) is 0. The largest absolute Gasteiger partial charge is 0.104 e. The number of rotatable bonds is 5. The van der Waals surface area contributed by atoms with Gasteiger partial charge in [0, 0.05) is 0 Å². The SMILES string of the molecule is CCC(=CC=C[Si](C)(C)c1ccccc1)CC. The molecule has 0 aromatic heterocycles. The van der Waals surface area contributed by atoms with Crippen LogP contribution in [-0.2, 0) is 0 Å². The van der Waals surface area contributed by atoms with Crippen LogP contribution in [0.5, 0.6) is 0 Å². The standard InChI is InChI=1S/C16H24Si/c1-5-15(6-2)11-10-14-17(3,4)16-12-8-7-9-13-16/h7-14H,5-6H2,1-4H3. The Labute approximate surface area is 107 Å². The number of allylic oxidation sites excluding steroid dienone is 3. The molecule has 0 unspecified atom stereocenters. The molecular formula is C16H24Si. The van der Waals surface area contributed by atoms with E-state index < -0.39 is 8.07 Å². The Balaban J connectivity index is 2.80. The molecule has 0 bridgehead atoms. The lowest BCUT2D eigenvalue weighted by Gasteiger charge is -2.17. The number of hydrogen-bond acceptors (Lipinski definition) is 0. The zero-order chi connectivity index (χ0) is 12.7. The molecule has 1 aromatic carbocycles. The minimum Gasteiger partial charge on any atom is -0.0903 e. The van der Waals surface area contributed by atoms with Crippen molar-refractivity contribution in [3.8, 4) is 0 Å². The van der Waals surface area contributed by atoms with E-state index in [0.717, 1.165) is 12.8 Å². The second-order valence-electron chi connectivity index (χ2n) is 4.98. The van der Waals surface area contributed by atoms with Crippen LogP contribution in [0.3, 0.4) is 0 Å². The van der Waals surface area contributed by atoms with Gasteiger partial charge in [-0.1, -0.05) is 85.9 Å². The predicted molar refractivity (Wildman–Crippen MR) is 81.4 cm³/mol. The molecule has 0 heterocycles. The van der Waals surface area contributed by atoms with E-state index >= 15 is 0 Å². The van der Waals surface area contributed by atoms with Gasteiger partial charge in [-0.25, -0.2) is 0 Å². The lowest BCUT2D eigenvalue weighted by atomic mass is 10.1. The Hall–Kier alpha value is -1.08. The fourth-order valence-corrected chi connectivity index (χ4v) is 3.70. The highest BCUT2D eigenvalue weighted by Gasteiger charge is 2.18. The molecule has 0 spiro atoms. The molecule has 0 N–H and O–H groups in total. The van der Waals surface area contributed by atoms with Crippen molar-refractivity contribution in [1.29, 1.82) is 0 Å². The van der Waals surface area contributed by atoms with Crippen molar-refractivity contribution in [2.45, 2.75) is 39.8 Å². The van der Waals surface area contributed by atoms with Gasteiger partial charge in [-0.2, -0.15) is 0 Å². The van der Waals surface area contributed by atoms with Crippen LogP contribution in [-0.4, -0.2) is 8.07 Å². The van der Waals surface area contributed by atoms with Gasteiger partial charge in [0.15, 0.2) is 0 Å². The van der Waals surface area contributed by atoms with E-state index in [-0.39, 0.29) is 0 Å². The molecule has 0 saturated carbocycles. The summed E-state index contributed by atoms with van der Waals surface area (Å²) in [5, 5.41) is 1.50. The van der Waals surface area contributed by atoms with Crippen molar-refractivity contribution in [3.63, 3.8) is 0 Å². The summed E-state index contributed by atoms with van der Waals surface area (Å²) >= 11 is 0. The Bertz CT molecular complexity index is 379. The van der Waals surface area contributed by atoms with Crippen LogP contribution in [0.15, 0.2) is 53.8 Å². The van der Waals surface area contributed by atoms with Gasteiger partial charge in [-0.15, -0.1) is 0 Å². The molecule has 0 atom stereocenters. The summed E-state index contributed by atoms with van der Waals surface area (Å²) in [4.78, 5) is 0. The molecule has 0 aliphatic heterocycles. The van der Waals surface area contributed by atoms with Crippen LogP contribution in [0.2, 0.25) is 13.1 Å². The van der Waals surface area contributed by atoms with Gasteiger partial charge in [-0.05, 0) is 12.8 Å². The first-order valence-electron chi connectivity index (χ1n) is 6.53. The monoisotopic (exact) mass is 244 g/mol. The molecule has 0 amide bonds. The maximum absolute atomic E-state index is 2.42. The Morgan fingerprint density at radius 2 is 1.65 bits per heavy atom. The molecule has 1 aromatic rings. The van der Waals surface area contributed by atoms with Gasteiger partial charge in [0.2, 0.25) is 0 Å². The first-order chi connectivity index (χ1) is 8.10. The van der Waals surface area contributed by atoms with Crippen LogP contribution in [0, 0.1) is 0 Å². The highest BCUT2D eigenvalue weighted by atomic mass is 28.3. The van der Waals surface area contributed by atoms with E-state index in [1.807, 2.05) is 0 Å². The third kappa shape index (κ3) is 4.35. The Morgan fingerprint density at radius 1 is 1.06 bits per heavy atom. The Kier molecular flexibility index (Phi) is 5.43. The van der Waals surface area contributed by atoms with Crippen molar-refractivity contribution < 1.29 is 0 Å². The van der Waals surface area contributed by atoms with Gasteiger partial charge < -0.3 is 0 Å². The fourth-order valence-electron chi connectivity index (χ4n) is 1.87. The molecule has 0 radical (unpaired) electrons. The van der Waals surface area contributed by atoms with Crippen molar-refractivity contribution in [3.05, 3.63) is 53.8 Å². The molecule has 1 heteroatoms. The zero-order valence-corrected chi connectivity index (χ0v) is 12.5. The highest BCUT2D eigenvalue weighted by Crippen LogP contribution is 2.08. The average Bonchev–Trinajstić information content (AvgIpc) is 2.36. The van der Waals surface area contributed by atoms with Crippen LogP contribution in [0.1, 0.15) is 26.7 Å². The van der Waals surface area contributed by atoms with E-state index in [4.69, 9.17) is 0 Å². The molecule has 0 fully saturated rings. The maximum atomic E-state index is 2.42. The van der Waals surface area contributed by atoms with E-state index in [0.29, 0.717) is 0 Å². The summed E-state index contributed by atoms with van der Waals surface area (Å²) in [6.07, 6.45) is 6.88. The summed E-state index contributed by atoms with van der Waals surface area (Å²) in [7, 11) is -1.40. The lowest BCUT2D eigenvalue weighted by molar-refractivity contribution is 0.978. The molecular weight excluding hydrogens is 220 g/mol. The third-order valence-electron chi connectivity index (χ3n) is 3.27. The van der Waals surface area contributed by atoms with Crippen molar-refractivity contribution in [2.24, 2.45) is 0 Å². The van der Waals surface area contributed by atoms with Gasteiger partial charge in [-0.3, -0.25) is 0 Å². The first kappa shape index (κ1) is 14.0. The van der Waals surface area contributed by atoms with E-state index in [1.54, 1.807) is 0 Å². The molecule has 92 valence electrons. The molecule has 17 heavy (non-hydrogen) atoms. The van der Waals surface area contributed by atoms with Crippen LogP contribution in [0.4, 0.5) is 0 Å². The van der Waals surface area contributed by atoms with Gasteiger partial charge in [0.25, 0.3) is 0 Å². The van der Waals surface area contributed by atoms with Crippen LogP contribution < -0.4 is 5.19 Å². The van der Waals surface area contributed by atoms with Crippen molar-refractivity contribution in [2.75, 3.05) is 0 Å². The highest BCUT2D eigenvalue weighted by molar-refractivity contribution is 6.93. The summed E-state index contributed by atoms with van der Waals surface area (Å²) in [6, 6.07) is 10.9. The average molecular weight is 244 g/mol. The lowest BCUT2D eigenvalue weighted by Crippen LogP contribution is -2.39. The van der Waals surface area contributed by atoms with Crippen molar-refractivity contribution >= 4 is 13.3 Å². The molecule has 0 aliphatic rings. The van der Waals surface area contributed by atoms with Gasteiger partial charge in [0.05, 0.1) is 0 Å². The maximum Gasteiger partial charge on any atom is 0.104 e. The summed E-state index contributed by atoms with van der Waals surface area (Å²) in [5.41, 5.74) is 3.95.